The summed E-state index contributed by atoms with van der Waals surface area (Å²) < 4.78 is 46.1. The maximum Gasteiger partial charge on any atom is 0.389 e. The normalized spacial score (nSPS) is 14.4. The number of nitrogens with two attached hydrogens (primary N) is 1. The van der Waals surface area contributed by atoms with Gasteiger partial charge in [0, 0.05) is 19.6 Å². The van der Waals surface area contributed by atoms with Crippen LogP contribution in [0.15, 0.2) is 0 Å². The molecule has 0 aromatic rings. The zero-order valence-corrected chi connectivity index (χ0v) is 9.72. The molecule has 0 aromatic heterocycles. The monoisotopic (exact) mass is 243 g/mol. The van der Waals surface area contributed by atoms with E-state index < -0.39 is 24.9 Å². The molecule has 0 spiro atoms. The van der Waals surface area contributed by atoms with Gasteiger partial charge in [-0.3, -0.25) is 0 Å². The van der Waals surface area contributed by atoms with Gasteiger partial charge in [-0.2, -0.15) is 13.2 Å². The van der Waals surface area contributed by atoms with Crippen LogP contribution >= 0.6 is 0 Å². The lowest BCUT2D eigenvalue weighted by Gasteiger charge is -2.23. The molecule has 3 nitrogen and oxygen atoms in total. The van der Waals surface area contributed by atoms with Crippen LogP contribution in [0.1, 0.15) is 33.1 Å². The molecule has 0 aliphatic heterocycles. The highest BCUT2D eigenvalue weighted by atomic mass is 19.4. The van der Waals surface area contributed by atoms with Gasteiger partial charge in [-0.1, -0.05) is 0 Å². The maximum absolute atomic E-state index is 11.9. The molecule has 2 N–H and O–H groups in total. The molecule has 0 aromatic carbocycles. The summed E-state index contributed by atoms with van der Waals surface area (Å²) in [5.74, 6) is 0. The highest BCUT2D eigenvalue weighted by molar-refractivity contribution is 4.67. The summed E-state index contributed by atoms with van der Waals surface area (Å²) in [6.07, 6.45) is -5.30. The van der Waals surface area contributed by atoms with Gasteiger partial charge in [0.05, 0.1) is 6.04 Å². The lowest BCUT2D eigenvalue weighted by Crippen LogP contribution is -2.39. The first-order valence-corrected chi connectivity index (χ1v) is 5.46. The number of halogens is 3. The van der Waals surface area contributed by atoms with Crippen LogP contribution in [0.4, 0.5) is 13.2 Å². The predicted octanol–water partition coefficient (Wildman–Crippen LogP) is 2.45. The Morgan fingerprint density at radius 2 is 1.62 bits per heavy atom. The Hall–Kier alpha value is -0.330. The summed E-state index contributed by atoms with van der Waals surface area (Å²) >= 11 is 0. The lowest BCUT2D eigenvalue weighted by molar-refractivity contribution is -0.154. The molecule has 0 aliphatic carbocycles. The summed E-state index contributed by atoms with van der Waals surface area (Å²) in [4.78, 5) is 0. The fourth-order valence-corrected chi connectivity index (χ4v) is 1.30. The van der Waals surface area contributed by atoms with Crippen LogP contribution in [0, 0.1) is 0 Å². The molecule has 0 amide bonds. The third-order valence-corrected chi connectivity index (χ3v) is 2.01. The Balaban J connectivity index is 3.86. The molecule has 6 heteroatoms. The summed E-state index contributed by atoms with van der Waals surface area (Å²) in [7, 11) is 0. The van der Waals surface area contributed by atoms with E-state index in [1.54, 1.807) is 13.8 Å². The molecule has 0 bridgehead atoms. The number of ether oxygens (including phenoxy) is 2. The van der Waals surface area contributed by atoms with Crippen molar-refractivity contribution in [2.24, 2.45) is 5.73 Å². The van der Waals surface area contributed by atoms with E-state index in [2.05, 4.69) is 0 Å². The highest BCUT2D eigenvalue weighted by Crippen LogP contribution is 2.23. The quantitative estimate of drug-likeness (QED) is 0.666. The summed E-state index contributed by atoms with van der Waals surface area (Å²) in [6, 6.07) is -0.512. The van der Waals surface area contributed by atoms with Gasteiger partial charge >= 0.3 is 6.18 Å². The van der Waals surface area contributed by atoms with Crippen molar-refractivity contribution in [3.63, 3.8) is 0 Å². The van der Waals surface area contributed by atoms with E-state index in [4.69, 9.17) is 15.2 Å². The van der Waals surface area contributed by atoms with E-state index in [9.17, 15) is 13.2 Å². The van der Waals surface area contributed by atoms with Gasteiger partial charge in [-0.15, -0.1) is 0 Å². The Bertz CT molecular complexity index is 170. The van der Waals surface area contributed by atoms with Crippen LogP contribution in [0.25, 0.3) is 0 Å². The first kappa shape index (κ1) is 15.7. The summed E-state index contributed by atoms with van der Waals surface area (Å²) in [5, 5.41) is 0. The number of rotatable bonds is 8. The van der Waals surface area contributed by atoms with Crippen molar-refractivity contribution in [3.8, 4) is 0 Å². The minimum absolute atomic E-state index is 0.00130. The van der Waals surface area contributed by atoms with Crippen LogP contribution in [-0.2, 0) is 9.47 Å². The molecular weight excluding hydrogens is 223 g/mol. The maximum atomic E-state index is 11.9. The van der Waals surface area contributed by atoms with Crippen molar-refractivity contribution < 1.29 is 22.6 Å². The topological polar surface area (TPSA) is 44.5 Å². The highest BCUT2D eigenvalue weighted by Gasteiger charge is 2.27. The third-order valence-electron chi connectivity index (χ3n) is 2.01. The number of hydrogen-bond donors (Lipinski definition) is 1. The van der Waals surface area contributed by atoms with Crippen molar-refractivity contribution in [1.82, 2.24) is 0 Å². The van der Waals surface area contributed by atoms with Gasteiger partial charge < -0.3 is 15.2 Å². The van der Waals surface area contributed by atoms with Crippen molar-refractivity contribution in [2.45, 2.75) is 51.6 Å². The Morgan fingerprint density at radius 3 is 2.00 bits per heavy atom. The van der Waals surface area contributed by atoms with Gasteiger partial charge in [-0.05, 0) is 26.7 Å². The van der Waals surface area contributed by atoms with Gasteiger partial charge in [0.2, 0.25) is 0 Å². The van der Waals surface area contributed by atoms with E-state index in [0.29, 0.717) is 13.2 Å². The molecular formula is C10H20F3NO2. The average molecular weight is 243 g/mol. The molecule has 98 valence electrons. The van der Waals surface area contributed by atoms with Crippen molar-refractivity contribution in [3.05, 3.63) is 0 Å². The Labute approximate surface area is 94.1 Å². The number of hydrogen-bond acceptors (Lipinski definition) is 3. The predicted molar refractivity (Wildman–Crippen MR) is 54.9 cm³/mol. The largest absolute Gasteiger partial charge is 0.389 e. The fraction of sp³-hybridized carbons (Fsp3) is 1.00. The molecule has 0 rings (SSSR count). The summed E-state index contributed by atoms with van der Waals surface area (Å²) in [5.41, 5.74) is 5.70. The molecule has 0 saturated heterocycles. The second-order valence-electron chi connectivity index (χ2n) is 3.45. The van der Waals surface area contributed by atoms with Crippen molar-refractivity contribution in [1.29, 1.82) is 0 Å². The zero-order chi connectivity index (χ0) is 12.6. The molecule has 1 atom stereocenters. The van der Waals surface area contributed by atoms with Crippen LogP contribution in [0.3, 0.4) is 0 Å². The SMILES string of the molecule is CCOC(OCC)C(N)CCCC(F)(F)F. The molecule has 16 heavy (non-hydrogen) atoms. The van der Waals surface area contributed by atoms with Gasteiger partial charge in [0.15, 0.2) is 6.29 Å². The molecule has 0 saturated carbocycles. The smallest absolute Gasteiger partial charge is 0.351 e. The third kappa shape index (κ3) is 7.90. The second-order valence-corrected chi connectivity index (χ2v) is 3.45. The van der Waals surface area contributed by atoms with Crippen LogP contribution in [0.2, 0.25) is 0 Å². The van der Waals surface area contributed by atoms with E-state index in [-0.39, 0.29) is 12.8 Å². The van der Waals surface area contributed by atoms with Crippen LogP contribution in [0.5, 0.6) is 0 Å². The minimum Gasteiger partial charge on any atom is -0.351 e. The first-order chi connectivity index (χ1) is 7.40. The van der Waals surface area contributed by atoms with E-state index in [0.717, 1.165) is 0 Å². The standard InChI is InChI=1S/C10H20F3NO2/c1-3-15-9(16-4-2)8(14)6-5-7-10(11,12)13/h8-9H,3-7,14H2,1-2H3. The van der Waals surface area contributed by atoms with E-state index >= 15 is 0 Å². The molecule has 1 unspecified atom stereocenters. The minimum atomic E-state index is -4.12. The molecule has 0 fully saturated rings. The van der Waals surface area contributed by atoms with Gasteiger partial charge in [0.25, 0.3) is 0 Å². The van der Waals surface area contributed by atoms with Crippen LogP contribution in [-0.4, -0.2) is 31.7 Å². The van der Waals surface area contributed by atoms with Gasteiger partial charge in [0.1, 0.15) is 0 Å². The van der Waals surface area contributed by atoms with E-state index in [1.807, 2.05) is 0 Å². The van der Waals surface area contributed by atoms with Crippen molar-refractivity contribution in [2.75, 3.05) is 13.2 Å². The summed E-state index contributed by atoms with van der Waals surface area (Å²) in [6.45, 7) is 4.43. The van der Waals surface area contributed by atoms with Crippen molar-refractivity contribution >= 4 is 0 Å². The molecule has 0 heterocycles. The first-order valence-electron chi connectivity index (χ1n) is 5.46. The zero-order valence-electron chi connectivity index (χ0n) is 9.72. The Morgan fingerprint density at radius 1 is 1.12 bits per heavy atom. The Kier molecular flexibility index (Phi) is 7.70. The average Bonchev–Trinajstić information content (AvgIpc) is 2.15. The van der Waals surface area contributed by atoms with Gasteiger partial charge in [-0.25, -0.2) is 0 Å². The number of alkyl halides is 3. The second kappa shape index (κ2) is 7.86. The van der Waals surface area contributed by atoms with E-state index in [1.165, 1.54) is 0 Å². The fourth-order valence-electron chi connectivity index (χ4n) is 1.30. The molecule has 0 aliphatic rings. The van der Waals surface area contributed by atoms with Crippen LogP contribution < -0.4 is 5.73 Å². The lowest BCUT2D eigenvalue weighted by atomic mass is 10.1. The molecule has 0 radical (unpaired) electrons.